The third-order valence-corrected chi connectivity index (χ3v) is 5.38. The van der Waals surface area contributed by atoms with Gasteiger partial charge in [0.15, 0.2) is 0 Å². The monoisotopic (exact) mass is 386 g/mol. The molecule has 146 valence electrons. The average Bonchev–Trinajstić information content (AvgIpc) is 2.64. The molecule has 2 rings (SSSR count). The van der Waals surface area contributed by atoms with Crippen LogP contribution >= 0.6 is 0 Å². The van der Waals surface area contributed by atoms with Crippen molar-refractivity contribution in [2.75, 3.05) is 59.4 Å². The number of rotatable bonds is 9. The van der Waals surface area contributed by atoms with Crippen molar-refractivity contribution < 1.29 is 27.4 Å². The molecule has 0 saturated carbocycles. The fourth-order valence-corrected chi connectivity index (χ4v) is 3.40. The Morgan fingerprint density at radius 2 is 1.77 bits per heavy atom. The Hall–Kier alpha value is -1.84. The summed E-state index contributed by atoms with van der Waals surface area (Å²) in [6.45, 7) is 2.68. The van der Waals surface area contributed by atoms with E-state index in [1.54, 1.807) is 36.3 Å². The number of sulfonamides is 1. The van der Waals surface area contributed by atoms with E-state index in [9.17, 15) is 13.2 Å². The van der Waals surface area contributed by atoms with Crippen LogP contribution in [0.2, 0.25) is 0 Å². The van der Waals surface area contributed by atoms with E-state index in [0.29, 0.717) is 32.1 Å². The Balaban J connectivity index is 1.81. The molecule has 1 fully saturated rings. The number of ether oxygens (including phenoxy) is 3. The highest BCUT2D eigenvalue weighted by atomic mass is 32.2. The van der Waals surface area contributed by atoms with Crippen molar-refractivity contribution in [1.82, 2.24) is 9.21 Å². The molecule has 0 radical (unpaired) electrons. The largest absolute Gasteiger partial charge is 0.497 e. The second-order valence-electron chi connectivity index (χ2n) is 5.93. The highest BCUT2D eigenvalue weighted by molar-refractivity contribution is 7.88. The maximum Gasteiger partial charge on any atom is 0.224 e. The number of carbonyl (C=O) groups excluding carboxylic acids is 1. The van der Waals surface area contributed by atoms with E-state index in [2.05, 4.69) is 0 Å². The Labute approximate surface area is 154 Å². The van der Waals surface area contributed by atoms with Crippen LogP contribution < -0.4 is 9.47 Å². The zero-order valence-corrected chi connectivity index (χ0v) is 16.0. The summed E-state index contributed by atoms with van der Waals surface area (Å²) in [5, 5.41) is 0. The predicted molar refractivity (Wildman–Crippen MR) is 96.9 cm³/mol. The topological polar surface area (TPSA) is 85.4 Å². The summed E-state index contributed by atoms with van der Waals surface area (Å²) in [6, 6.07) is 7.05. The molecule has 0 aliphatic carbocycles. The van der Waals surface area contributed by atoms with E-state index >= 15 is 0 Å². The van der Waals surface area contributed by atoms with Crippen LogP contribution in [0.5, 0.6) is 11.5 Å². The molecule has 9 heteroatoms. The standard InChI is InChI=1S/C17H26N2O6S/c1-23-15-3-5-16(6-4-15)25-14-11-19(26(2,21)22)8-7-17(20)18-9-12-24-13-10-18/h3-6H,7-14H2,1-2H3. The molecule has 1 aliphatic heterocycles. The molecule has 1 saturated heterocycles. The van der Waals surface area contributed by atoms with Gasteiger partial charge in [-0.2, -0.15) is 4.31 Å². The third-order valence-electron chi connectivity index (χ3n) is 4.08. The lowest BCUT2D eigenvalue weighted by Crippen LogP contribution is -2.43. The Bertz CT molecular complexity index is 671. The summed E-state index contributed by atoms with van der Waals surface area (Å²) >= 11 is 0. The number of hydrogen-bond acceptors (Lipinski definition) is 6. The molecule has 26 heavy (non-hydrogen) atoms. The molecule has 0 bridgehead atoms. The number of benzene rings is 1. The normalized spacial score (nSPS) is 15.1. The number of morpholine rings is 1. The fourth-order valence-electron chi connectivity index (χ4n) is 2.57. The summed E-state index contributed by atoms with van der Waals surface area (Å²) in [6.07, 6.45) is 1.29. The summed E-state index contributed by atoms with van der Waals surface area (Å²) in [7, 11) is -1.84. The van der Waals surface area contributed by atoms with Crippen molar-refractivity contribution >= 4 is 15.9 Å². The maximum atomic E-state index is 12.2. The SMILES string of the molecule is COc1ccc(OCCN(CCC(=O)N2CCOCC2)S(C)(=O)=O)cc1. The first-order valence-corrected chi connectivity index (χ1v) is 10.3. The highest BCUT2D eigenvalue weighted by Crippen LogP contribution is 2.17. The molecule has 1 aromatic rings. The van der Waals surface area contributed by atoms with Gasteiger partial charge in [0.05, 0.1) is 26.6 Å². The van der Waals surface area contributed by atoms with Crippen LogP contribution in [-0.2, 0) is 19.6 Å². The van der Waals surface area contributed by atoms with E-state index in [1.807, 2.05) is 0 Å². The number of amides is 1. The van der Waals surface area contributed by atoms with Crippen molar-refractivity contribution in [3.63, 3.8) is 0 Å². The Morgan fingerprint density at radius 3 is 2.35 bits per heavy atom. The van der Waals surface area contributed by atoms with Crippen LogP contribution in [-0.4, -0.2) is 82.9 Å². The van der Waals surface area contributed by atoms with Crippen molar-refractivity contribution in [3.8, 4) is 11.5 Å². The predicted octanol–water partition coefficient (Wildman–Crippen LogP) is 0.585. The van der Waals surface area contributed by atoms with Gasteiger partial charge in [0.2, 0.25) is 15.9 Å². The smallest absolute Gasteiger partial charge is 0.224 e. The minimum Gasteiger partial charge on any atom is -0.497 e. The fraction of sp³-hybridized carbons (Fsp3) is 0.588. The Morgan fingerprint density at radius 1 is 1.15 bits per heavy atom. The third kappa shape index (κ3) is 6.47. The van der Waals surface area contributed by atoms with Crippen molar-refractivity contribution in [2.45, 2.75) is 6.42 Å². The lowest BCUT2D eigenvalue weighted by Gasteiger charge is -2.28. The van der Waals surface area contributed by atoms with Crippen LogP contribution in [0.1, 0.15) is 6.42 Å². The van der Waals surface area contributed by atoms with Gasteiger partial charge in [-0.3, -0.25) is 4.79 Å². The molecule has 0 spiro atoms. The first-order valence-electron chi connectivity index (χ1n) is 8.47. The molecule has 8 nitrogen and oxygen atoms in total. The minimum absolute atomic E-state index is 0.0574. The first kappa shape index (κ1) is 20.5. The molecule has 0 N–H and O–H groups in total. The highest BCUT2D eigenvalue weighted by Gasteiger charge is 2.21. The van der Waals surface area contributed by atoms with Gasteiger partial charge < -0.3 is 19.1 Å². The van der Waals surface area contributed by atoms with E-state index in [4.69, 9.17) is 14.2 Å². The van der Waals surface area contributed by atoms with Gasteiger partial charge in [0.1, 0.15) is 18.1 Å². The van der Waals surface area contributed by atoms with Crippen LogP contribution in [0.25, 0.3) is 0 Å². The second-order valence-corrected chi connectivity index (χ2v) is 7.91. The molecule has 0 aromatic heterocycles. The lowest BCUT2D eigenvalue weighted by atomic mass is 10.3. The van der Waals surface area contributed by atoms with E-state index in [1.165, 1.54) is 4.31 Å². The maximum absolute atomic E-state index is 12.2. The van der Waals surface area contributed by atoms with Gasteiger partial charge >= 0.3 is 0 Å². The second kappa shape index (κ2) is 9.75. The number of nitrogens with zero attached hydrogens (tertiary/aromatic N) is 2. The first-order chi connectivity index (χ1) is 12.4. The van der Waals surface area contributed by atoms with Gasteiger partial charge in [0, 0.05) is 32.6 Å². The zero-order valence-electron chi connectivity index (χ0n) is 15.2. The molecule has 0 unspecified atom stereocenters. The van der Waals surface area contributed by atoms with Gasteiger partial charge in [0.25, 0.3) is 0 Å². The molecule has 0 atom stereocenters. The molecule has 1 aliphatic rings. The molecule has 1 heterocycles. The summed E-state index contributed by atoms with van der Waals surface area (Å²) < 4.78 is 41.1. The lowest BCUT2D eigenvalue weighted by molar-refractivity contribution is -0.135. The summed E-state index contributed by atoms with van der Waals surface area (Å²) in [5.41, 5.74) is 0. The average molecular weight is 386 g/mol. The molecular weight excluding hydrogens is 360 g/mol. The van der Waals surface area contributed by atoms with E-state index in [-0.39, 0.29) is 32.0 Å². The van der Waals surface area contributed by atoms with Crippen LogP contribution in [0, 0.1) is 0 Å². The van der Waals surface area contributed by atoms with Crippen molar-refractivity contribution in [3.05, 3.63) is 24.3 Å². The van der Waals surface area contributed by atoms with Gasteiger partial charge in [-0.1, -0.05) is 0 Å². The molecule has 1 amide bonds. The van der Waals surface area contributed by atoms with Gasteiger partial charge in [-0.05, 0) is 24.3 Å². The van der Waals surface area contributed by atoms with Crippen molar-refractivity contribution in [2.24, 2.45) is 0 Å². The Kier molecular flexibility index (Phi) is 7.67. The summed E-state index contributed by atoms with van der Waals surface area (Å²) in [5.74, 6) is 1.29. The van der Waals surface area contributed by atoms with Crippen LogP contribution in [0.4, 0.5) is 0 Å². The number of methoxy groups -OCH3 is 1. The van der Waals surface area contributed by atoms with E-state index in [0.717, 1.165) is 12.0 Å². The van der Waals surface area contributed by atoms with Gasteiger partial charge in [-0.25, -0.2) is 8.42 Å². The molecular formula is C17H26N2O6S. The van der Waals surface area contributed by atoms with Crippen molar-refractivity contribution in [1.29, 1.82) is 0 Å². The van der Waals surface area contributed by atoms with Gasteiger partial charge in [-0.15, -0.1) is 0 Å². The summed E-state index contributed by atoms with van der Waals surface area (Å²) in [4.78, 5) is 13.9. The van der Waals surface area contributed by atoms with Crippen LogP contribution in [0.3, 0.4) is 0 Å². The minimum atomic E-state index is -3.42. The van der Waals surface area contributed by atoms with E-state index < -0.39 is 10.0 Å². The number of carbonyl (C=O) groups is 1. The van der Waals surface area contributed by atoms with Crippen LogP contribution in [0.15, 0.2) is 24.3 Å². The zero-order chi connectivity index (χ0) is 19.0. The number of hydrogen-bond donors (Lipinski definition) is 0. The molecule has 1 aromatic carbocycles. The quantitative estimate of drug-likeness (QED) is 0.617.